The van der Waals surface area contributed by atoms with Gasteiger partial charge in [0, 0.05) is 17.8 Å². The van der Waals surface area contributed by atoms with Crippen molar-refractivity contribution >= 4 is 17.5 Å². The molecule has 2 aromatic carbocycles. The van der Waals surface area contributed by atoms with E-state index in [-0.39, 0.29) is 18.5 Å². The van der Waals surface area contributed by atoms with Crippen molar-refractivity contribution in [2.45, 2.75) is 13.0 Å². The molecule has 5 nitrogen and oxygen atoms in total. The zero-order valence-corrected chi connectivity index (χ0v) is 12.2. The Morgan fingerprint density at radius 2 is 1.91 bits per heavy atom. The maximum atomic E-state index is 13.1. The Hall–Kier alpha value is -3.20. The van der Waals surface area contributed by atoms with Gasteiger partial charge >= 0.3 is 0 Å². The molecule has 2 rings (SSSR count). The number of halogens is 1. The zero-order chi connectivity index (χ0) is 16.7. The highest BCUT2D eigenvalue weighted by Crippen LogP contribution is 2.15. The Morgan fingerprint density at radius 1 is 1.13 bits per heavy atom. The second kappa shape index (κ2) is 7.71. The number of benzene rings is 2. The van der Waals surface area contributed by atoms with Crippen LogP contribution in [0.3, 0.4) is 0 Å². The van der Waals surface area contributed by atoms with Gasteiger partial charge in [-0.05, 0) is 29.8 Å². The number of anilines is 1. The van der Waals surface area contributed by atoms with E-state index in [1.54, 1.807) is 30.3 Å². The van der Waals surface area contributed by atoms with Crippen LogP contribution in [0, 0.1) is 17.1 Å². The van der Waals surface area contributed by atoms with Gasteiger partial charge in [-0.25, -0.2) is 4.39 Å². The highest BCUT2D eigenvalue weighted by Gasteiger charge is 2.09. The van der Waals surface area contributed by atoms with E-state index in [0.29, 0.717) is 11.3 Å². The molecule has 0 aromatic heterocycles. The van der Waals surface area contributed by atoms with Crippen LogP contribution in [-0.4, -0.2) is 11.8 Å². The van der Waals surface area contributed by atoms with Crippen molar-refractivity contribution in [3.8, 4) is 6.07 Å². The number of nitrogens with zero attached hydrogens (tertiary/aromatic N) is 1. The van der Waals surface area contributed by atoms with Crippen LogP contribution in [0.5, 0.6) is 0 Å². The first-order chi connectivity index (χ1) is 11.1. The number of amides is 2. The molecule has 0 fully saturated rings. The summed E-state index contributed by atoms with van der Waals surface area (Å²) in [7, 11) is 0. The molecule has 0 spiro atoms. The molecule has 0 heterocycles. The third-order valence-corrected chi connectivity index (χ3v) is 3.06. The standard InChI is InChI=1S/C17H14FN3O2/c18-14-6-3-5-12(10-14)17(23)20-11-13-4-1-2-7-15(13)21-16(22)8-9-19/h1-7,10H,8,11H2,(H,20,23)(H,21,22). The summed E-state index contributed by atoms with van der Waals surface area (Å²) in [5.41, 5.74) is 1.42. The Balaban J connectivity index is 2.04. The van der Waals surface area contributed by atoms with E-state index in [2.05, 4.69) is 10.6 Å². The fourth-order valence-electron chi connectivity index (χ4n) is 1.97. The van der Waals surface area contributed by atoms with Crippen LogP contribution in [0.15, 0.2) is 48.5 Å². The van der Waals surface area contributed by atoms with Gasteiger partial charge in [0.05, 0.1) is 6.07 Å². The van der Waals surface area contributed by atoms with Crippen LogP contribution in [0.1, 0.15) is 22.3 Å². The molecule has 23 heavy (non-hydrogen) atoms. The van der Waals surface area contributed by atoms with E-state index < -0.39 is 17.6 Å². The molecule has 116 valence electrons. The summed E-state index contributed by atoms with van der Waals surface area (Å²) in [6.45, 7) is 0.165. The van der Waals surface area contributed by atoms with Crippen LogP contribution < -0.4 is 10.6 Å². The lowest BCUT2D eigenvalue weighted by atomic mass is 10.1. The molecule has 0 saturated carbocycles. The van der Waals surface area contributed by atoms with Crippen LogP contribution in [0.2, 0.25) is 0 Å². The maximum Gasteiger partial charge on any atom is 0.251 e. The van der Waals surface area contributed by atoms with Gasteiger partial charge in [0.25, 0.3) is 5.91 Å². The van der Waals surface area contributed by atoms with Gasteiger partial charge in [-0.15, -0.1) is 0 Å². The second-order valence-corrected chi connectivity index (χ2v) is 4.73. The molecule has 0 unspecified atom stereocenters. The minimum atomic E-state index is -0.484. The van der Waals surface area contributed by atoms with Gasteiger partial charge in [0.1, 0.15) is 12.2 Å². The van der Waals surface area contributed by atoms with Crippen LogP contribution >= 0.6 is 0 Å². The van der Waals surface area contributed by atoms with E-state index in [9.17, 15) is 14.0 Å². The Labute approximate surface area is 132 Å². The highest BCUT2D eigenvalue weighted by atomic mass is 19.1. The molecule has 0 atom stereocenters. The summed E-state index contributed by atoms with van der Waals surface area (Å²) in [5, 5.41) is 13.8. The number of rotatable bonds is 5. The number of hydrogen-bond donors (Lipinski definition) is 2. The Kier molecular flexibility index (Phi) is 5.42. The molecule has 0 aliphatic heterocycles. The normalized spacial score (nSPS) is 9.74. The number of para-hydroxylation sites is 1. The summed E-state index contributed by atoms with van der Waals surface area (Å²) < 4.78 is 13.1. The van der Waals surface area contributed by atoms with Crippen molar-refractivity contribution < 1.29 is 14.0 Å². The lowest BCUT2D eigenvalue weighted by molar-refractivity contribution is -0.115. The van der Waals surface area contributed by atoms with E-state index >= 15 is 0 Å². The Morgan fingerprint density at radius 3 is 2.65 bits per heavy atom. The van der Waals surface area contributed by atoms with E-state index in [0.717, 1.165) is 6.07 Å². The monoisotopic (exact) mass is 311 g/mol. The molecule has 0 aliphatic rings. The number of nitrogens with one attached hydrogen (secondary N) is 2. The summed E-state index contributed by atoms with van der Waals surface area (Å²) in [5.74, 6) is -1.32. The minimum Gasteiger partial charge on any atom is -0.348 e. The molecule has 2 aromatic rings. The number of carbonyl (C=O) groups excluding carboxylic acids is 2. The van der Waals surface area contributed by atoms with Gasteiger partial charge < -0.3 is 10.6 Å². The third kappa shape index (κ3) is 4.64. The largest absolute Gasteiger partial charge is 0.348 e. The van der Waals surface area contributed by atoms with Crippen molar-refractivity contribution in [3.05, 3.63) is 65.5 Å². The molecule has 2 amide bonds. The summed E-state index contributed by atoms with van der Waals surface area (Å²) in [6.07, 6.45) is -0.246. The summed E-state index contributed by atoms with van der Waals surface area (Å²) >= 11 is 0. The van der Waals surface area contributed by atoms with Crippen LogP contribution in [0.4, 0.5) is 10.1 Å². The van der Waals surface area contributed by atoms with Crippen molar-refractivity contribution in [3.63, 3.8) is 0 Å². The second-order valence-electron chi connectivity index (χ2n) is 4.73. The minimum absolute atomic E-state index is 0.165. The average molecular weight is 311 g/mol. The van der Waals surface area contributed by atoms with Crippen LogP contribution in [0.25, 0.3) is 0 Å². The van der Waals surface area contributed by atoms with Crippen molar-refractivity contribution in [2.75, 3.05) is 5.32 Å². The molecule has 0 bridgehead atoms. The third-order valence-electron chi connectivity index (χ3n) is 3.06. The lowest BCUT2D eigenvalue weighted by Crippen LogP contribution is -2.24. The van der Waals surface area contributed by atoms with Gasteiger partial charge in [0.15, 0.2) is 0 Å². The quantitative estimate of drug-likeness (QED) is 0.890. The zero-order valence-electron chi connectivity index (χ0n) is 12.2. The van der Waals surface area contributed by atoms with E-state index in [4.69, 9.17) is 5.26 Å². The maximum absolute atomic E-state index is 13.1. The van der Waals surface area contributed by atoms with E-state index in [1.807, 2.05) is 0 Å². The average Bonchev–Trinajstić information content (AvgIpc) is 2.54. The number of nitriles is 1. The summed E-state index contributed by atoms with van der Waals surface area (Å²) in [4.78, 5) is 23.5. The molecular formula is C17H14FN3O2. The number of carbonyl (C=O) groups is 2. The fraction of sp³-hybridized carbons (Fsp3) is 0.118. The van der Waals surface area contributed by atoms with E-state index in [1.165, 1.54) is 18.2 Å². The number of hydrogen-bond acceptors (Lipinski definition) is 3. The van der Waals surface area contributed by atoms with Crippen molar-refractivity contribution in [1.82, 2.24) is 5.32 Å². The smallest absolute Gasteiger partial charge is 0.251 e. The predicted molar refractivity (Wildman–Crippen MR) is 82.9 cm³/mol. The topological polar surface area (TPSA) is 82.0 Å². The van der Waals surface area contributed by atoms with Gasteiger partial charge in [-0.3, -0.25) is 9.59 Å². The lowest BCUT2D eigenvalue weighted by Gasteiger charge is -2.11. The predicted octanol–water partition coefficient (Wildman–Crippen LogP) is 2.61. The van der Waals surface area contributed by atoms with Crippen molar-refractivity contribution in [1.29, 1.82) is 5.26 Å². The first-order valence-corrected chi connectivity index (χ1v) is 6.88. The highest BCUT2D eigenvalue weighted by molar-refractivity contribution is 5.95. The molecular weight excluding hydrogens is 297 g/mol. The van der Waals surface area contributed by atoms with Crippen LogP contribution in [-0.2, 0) is 11.3 Å². The fourth-order valence-corrected chi connectivity index (χ4v) is 1.97. The molecule has 6 heteroatoms. The Bertz CT molecular complexity index is 768. The summed E-state index contributed by atoms with van der Waals surface area (Å²) in [6, 6.07) is 14.1. The first-order valence-electron chi connectivity index (χ1n) is 6.88. The van der Waals surface area contributed by atoms with Crippen molar-refractivity contribution in [2.24, 2.45) is 0 Å². The SMILES string of the molecule is N#CCC(=O)Nc1ccccc1CNC(=O)c1cccc(F)c1. The van der Waals surface area contributed by atoms with Gasteiger partial charge in [-0.2, -0.15) is 5.26 Å². The molecule has 2 N–H and O–H groups in total. The first kappa shape index (κ1) is 16.2. The van der Waals surface area contributed by atoms with Gasteiger partial charge in [-0.1, -0.05) is 24.3 Å². The molecule has 0 radical (unpaired) electrons. The molecule has 0 saturated heterocycles. The molecule has 0 aliphatic carbocycles. The van der Waals surface area contributed by atoms with Gasteiger partial charge in [0.2, 0.25) is 5.91 Å².